The van der Waals surface area contributed by atoms with E-state index < -0.39 is 5.60 Å². The predicted molar refractivity (Wildman–Crippen MR) is 73.7 cm³/mol. The summed E-state index contributed by atoms with van der Waals surface area (Å²) in [5, 5.41) is 13.1. The lowest BCUT2D eigenvalue weighted by Gasteiger charge is -2.37. The molecule has 3 rings (SSSR count). The SMILES string of the molecule is O=C(NC1CC(c2ccc(F)cc2)C1)C1(O)CCCC1. The van der Waals surface area contributed by atoms with Gasteiger partial charge in [0, 0.05) is 6.04 Å². The average molecular weight is 277 g/mol. The van der Waals surface area contributed by atoms with Crippen molar-refractivity contribution in [2.75, 3.05) is 0 Å². The number of carbonyl (C=O) groups is 1. The second-order valence-electron chi connectivity index (χ2n) is 6.13. The standard InChI is InChI=1S/C16H20FNO2/c17-13-5-3-11(4-6-13)12-9-14(10-12)18-15(19)16(20)7-1-2-8-16/h3-6,12,14,20H,1-2,7-10H2,(H,18,19). The molecule has 3 nitrogen and oxygen atoms in total. The molecule has 0 spiro atoms. The van der Waals surface area contributed by atoms with E-state index in [4.69, 9.17) is 0 Å². The number of nitrogens with one attached hydrogen (secondary N) is 1. The van der Waals surface area contributed by atoms with E-state index in [1.54, 1.807) is 0 Å². The molecule has 2 fully saturated rings. The van der Waals surface area contributed by atoms with Gasteiger partial charge in [-0.25, -0.2) is 4.39 Å². The van der Waals surface area contributed by atoms with Crippen LogP contribution in [0.4, 0.5) is 4.39 Å². The van der Waals surface area contributed by atoms with E-state index in [1.807, 2.05) is 12.1 Å². The van der Waals surface area contributed by atoms with E-state index in [0.717, 1.165) is 31.2 Å². The molecule has 0 saturated heterocycles. The highest BCUT2D eigenvalue weighted by atomic mass is 19.1. The highest BCUT2D eigenvalue weighted by Gasteiger charge is 2.41. The molecule has 1 amide bonds. The molecule has 1 aromatic rings. The molecule has 2 N–H and O–H groups in total. The Hall–Kier alpha value is -1.42. The van der Waals surface area contributed by atoms with Crippen molar-refractivity contribution >= 4 is 5.91 Å². The Morgan fingerprint density at radius 2 is 1.80 bits per heavy atom. The van der Waals surface area contributed by atoms with Crippen LogP contribution in [0, 0.1) is 5.82 Å². The normalized spacial score (nSPS) is 27.9. The maximum Gasteiger partial charge on any atom is 0.252 e. The van der Waals surface area contributed by atoms with Gasteiger partial charge in [0.2, 0.25) is 0 Å². The van der Waals surface area contributed by atoms with E-state index in [2.05, 4.69) is 5.32 Å². The van der Waals surface area contributed by atoms with Crippen molar-refractivity contribution in [2.24, 2.45) is 0 Å². The molecule has 108 valence electrons. The van der Waals surface area contributed by atoms with Crippen LogP contribution >= 0.6 is 0 Å². The van der Waals surface area contributed by atoms with Crippen LogP contribution in [-0.4, -0.2) is 22.7 Å². The zero-order valence-electron chi connectivity index (χ0n) is 11.4. The molecule has 0 aliphatic heterocycles. The fourth-order valence-electron chi connectivity index (χ4n) is 3.25. The zero-order valence-corrected chi connectivity index (χ0v) is 11.4. The molecule has 20 heavy (non-hydrogen) atoms. The van der Waals surface area contributed by atoms with Crippen LogP contribution < -0.4 is 5.32 Å². The molecule has 0 heterocycles. The monoisotopic (exact) mass is 277 g/mol. The summed E-state index contributed by atoms with van der Waals surface area (Å²) in [4.78, 5) is 12.0. The van der Waals surface area contributed by atoms with Crippen LogP contribution in [0.3, 0.4) is 0 Å². The van der Waals surface area contributed by atoms with Crippen molar-refractivity contribution in [2.45, 2.75) is 56.1 Å². The Labute approximate surface area is 118 Å². The molecule has 0 atom stereocenters. The molecule has 2 aliphatic carbocycles. The van der Waals surface area contributed by atoms with E-state index in [0.29, 0.717) is 18.8 Å². The van der Waals surface area contributed by atoms with Gasteiger partial charge >= 0.3 is 0 Å². The molecule has 1 aromatic carbocycles. The van der Waals surface area contributed by atoms with Gasteiger partial charge in [0.05, 0.1) is 0 Å². The van der Waals surface area contributed by atoms with Crippen LogP contribution in [0.2, 0.25) is 0 Å². The van der Waals surface area contributed by atoms with Gasteiger partial charge in [-0.1, -0.05) is 12.1 Å². The first-order valence-corrected chi connectivity index (χ1v) is 7.36. The summed E-state index contributed by atoms with van der Waals surface area (Å²) in [5.41, 5.74) is -0.0162. The third kappa shape index (κ3) is 2.57. The number of aliphatic hydroxyl groups is 1. The summed E-state index contributed by atoms with van der Waals surface area (Å²) in [6.07, 6.45) is 4.74. The average Bonchev–Trinajstić information content (AvgIpc) is 2.83. The molecule has 2 aliphatic rings. The van der Waals surface area contributed by atoms with Gasteiger partial charge in [-0.2, -0.15) is 0 Å². The van der Waals surface area contributed by atoms with Gasteiger partial charge < -0.3 is 10.4 Å². The lowest BCUT2D eigenvalue weighted by atomic mass is 9.75. The largest absolute Gasteiger partial charge is 0.380 e. The van der Waals surface area contributed by atoms with Crippen molar-refractivity contribution in [3.63, 3.8) is 0 Å². The zero-order chi connectivity index (χ0) is 14.2. The van der Waals surface area contributed by atoms with Crippen LogP contribution in [0.15, 0.2) is 24.3 Å². The Bertz CT molecular complexity index is 488. The number of hydrogen-bond donors (Lipinski definition) is 2. The first-order chi connectivity index (χ1) is 9.57. The van der Waals surface area contributed by atoms with Gasteiger partial charge in [0.1, 0.15) is 11.4 Å². The first kappa shape index (κ1) is 13.6. The third-order valence-corrected chi connectivity index (χ3v) is 4.67. The van der Waals surface area contributed by atoms with Crippen molar-refractivity contribution in [3.8, 4) is 0 Å². The van der Waals surface area contributed by atoms with Crippen LogP contribution in [0.25, 0.3) is 0 Å². The second-order valence-corrected chi connectivity index (χ2v) is 6.13. The van der Waals surface area contributed by atoms with Gasteiger partial charge in [0.15, 0.2) is 0 Å². The van der Waals surface area contributed by atoms with Crippen molar-refractivity contribution < 1.29 is 14.3 Å². The minimum absolute atomic E-state index is 0.141. The molecule has 0 radical (unpaired) electrons. The number of amides is 1. The molecular weight excluding hydrogens is 257 g/mol. The predicted octanol–water partition coefficient (Wildman–Crippen LogP) is 2.49. The summed E-state index contributed by atoms with van der Waals surface area (Å²) in [6.45, 7) is 0. The topological polar surface area (TPSA) is 49.3 Å². The van der Waals surface area contributed by atoms with Gasteiger partial charge in [-0.05, 0) is 62.1 Å². The summed E-state index contributed by atoms with van der Waals surface area (Å²) < 4.78 is 12.9. The van der Waals surface area contributed by atoms with Crippen LogP contribution in [0.1, 0.15) is 50.0 Å². The van der Waals surface area contributed by atoms with Crippen molar-refractivity contribution in [1.29, 1.82) is 0 Å². The third-order valence-electron chi connectivity index (χ3n) is 4.67. The van der Waals surface area contributed by atoms with Crippen LogP contribution in [-0.2, 0) is 4.79 Å². The van der Waals surface area contributed by atoms with E-state index in [1.165, 1.54) is 12.1 Å². The van der Waals surface area contributed by atoms with Crippen molar-refractivity contribution in [1.82, 2.24) is 5.32 Å². The minimum atomic E-state index is -1.14. The highest BCUT2D eigenvalue weighted by Crippen LogP contribution is 2.38. The molecule has 0 bridgehead atoms. The van der Waals surface area contributed by atoms with E-state index in [-0.39, 0.29) is 17.8 Å². The van der Waals surface area contributed by atoms with Gasteiger partial charge in [0.25, 0.3) is 5.91 Å². The molecule has 2 saturated carbocycles. The lowest BCUT2D eigenvalue weighted by molar-refractivity contribution is -0.140. The number of hydrogen-bond acceptors (Lipinski definition) is 2. The minimum Gasteiger partial charge on any atom is -0.380 e. The smallest absolute Gasteiger partial charge is 0.252 e. The molecule has 0 aromatic heterocycles. The van der Waals surface area contributed by atoms with Crippen molar-refractivity contribution in [3.05, 3.63) is 35.6 Å². The Morgan fingerprint density at radius 1 is 1.20 bits per heavy atom. The van der Waals surface area contributed by atoms with Gasteiger partial charge in [-0.3, -0.25) is 4.79 Å². The van der Waals surface area contributed by atoms with E-state index >= 15 is 0 Å². The quantitative estimate of drug-likeness (QED) is 0.892. The van der Waals surface area contributed by atoms with Crippen LogP contribution in [0.5, 0.6) is 0 Å². The number of rotatable bonds is 3. The van der Waals surface area contributed by atoms with Gasteiger partial charge in [-0.15, -0.1) is 0 Å². The fraction of sp³-hybridized carbons (Fsp3) is 0.562. The maximum atomic E-state index is 12.9. The molecule has 0 unspecified atom stereocenters. The number of carbonyl (C=O) groups excluding carboxylic acids is 1. The summed E-state index contributed by atoms with van der Waals surface area (Å²) in [5.74, 6) is -0.0435. The summed E-state index contributed by atoms with van der Waals surface area (Å²) in [7, 11) is 0. The first-order valence-electron chi connectivity index (χ1n) is 7.36. The Kier molecular flexibility index (Phi) is 3.50. The summed E-state index contributed by atoms with van der Waals surface area (Å²) in [6, 6.07) is 6.71. The maximum absolute atomic E-state index is 12.9. The highest BCUT2D eigenvalue weighted by molar-refractivity contribution is 5.85. The summed E-state index contributed by atoms with van der Waals surface area (Å²) >= 11 is 0. The second kappa shape index (κ2) is 5.17. The number of benzene rings is 1. The lowest BCUT2D eigenvalue weighted by Crippen LogP contribution is -2.52. The number of halogens is 1. The Balaban J connectivity index is 1.51. The molecular formula is C16H20FNO2. The van der Waals surface area contributed by atoms with E-state index in [9.17, 15) is 14.3 Å². The fourth-order valence-corrected chi connectivity index (χ4v) is 3.25. The Morgan fingerprint density at radius 3 is 2.40 bits per heavy atom. The molecule has 4 heteroatoms.